The summed E-state index contributed by atoms with van der Waals surface area (Å²) in [4.78, 5) is 28.2. The lowest BCUT2D eigenvalue weighted by Gasteiger charge is -2.09. The number of benzene rings is 1. The van der Waals surface area contributed by atoms with E-state index in [1.54, 1.807) is 18.4 Å². The second-order valence-corrected chi connectivity index (χ2v) is 8.85. The molecule has 3 aromatic rings. The lowest BCUT2D eigenvalue weighted by Crippen LogP contribution is -2.15. The highest BCUT2D eigenvalue weighted by Gasteiger charge is 2.15. The standard InChI is InChI=1S/C23H27N5O4S2/c1-4-11-28-19(13-32-18-9-7-16(5-2)8-10-18)26-27-23(28)34-15-20(29)25-22-24-17(14-33-22)12-21(30)31-6-3/h4,7-10,14H,1,5-6,11-13,15H2,2-3H3,(H,24,25,29). The SMILES string of the molecule is C=CCn1c(COc2ccc(CC)cc2)nnc1SCC(=O)Nc1nc(CC(=O)OCC)cs1. The number of rotatable bonds is 13. The largest absolute Gasteiger partial charge is 0.486 e. The second kappa shape index (κ2) is 12.9. The number of aryl methyl sites for hydroxylation is 1. The van der Waals surface area contributed by atoms with Crippen molar-refractivity contribution in [1.82, 2.24) is 19.7 Å². The van der Waals surface area contributed by atoms with E-state index in [0.29, 0.717) is 35.0 Å². The normalized spacial score (nSPS) is 10.6. The van der Waals surface area contributed by atoms with E-state index < -0.39 is 0 Å². The van der Waals surface area contributed by atoms with Crippen molar-refractivity contribution >= 4 is 40.1 Å². The smallest absolute Gasteiger partial charge is 0.311 e. The Morgan fingerprint density at radius 2 is 2.03 bits per heavy atom. The molecule has 3 rings (SSSR count). The molecular formula is C23H27N5O4S2. The quantitative estimate of drug-likeness (QED) is 0.213. The molecule has 0 saturated heterocycles. The molecule has 0 saturated carbocycles. The molecule has 0 fully saturated rings. The molecule has 0 aliphatic rings. The number of nitrogens with one attached hydrogen (secondary N) is 1. The van der Waals surface area contributed by atoms with E-state index in [2.05, 4.69) is 34.0 Å². The van der Waals surface area contributed by atoms with E-state index in [-0.39, 0.29) is 30.7 Å². The van der Waals surface area contributed by atoms with Crippen molar-refractivity contribution in [3.05, 3.63) is 59.4 Å². The minimum Gasteiger partial charge on any atom is -0.486 e. The Labute approximate surface area is 206 Å². The average Bonchev–Trinajstić information content (AvgIpc) is 3.43. The van der Waals surface area contributed by atoms with Gasteiger partial charge in [0.25, 0.3) is 0 Å². The lowest BCUT2D eigenvalue weighted by atomic mass is 10.2. The van der Waals surface area contributed by atoms with Gasteiger partial charge in [-0.15, -0.1) is 28.1 Å². The number of carbonyl (C=O) groups excluding carboxylic acids is 2. The topological polar surface area (TPSA) is 108 Å². The van der Waals surface area contributed by atoms with Gasteiger partial charge in [-0.05, 0) is 31.0 Å². The van der Waals surface area contributed by atoms with Gasteiger partial charge in [-0.25, -0.2) is 4.98 Å². The zero-order valence-corrected chi connectivity index (χ0v) is 20.8. The Bertz CT molecular complexity index is 1110. The van der Waals surface area contributed by atoms with Gasteiger partial charge in [-0.2, -0.15) is 0 Å². The van der Waals surface area contributed by atoms with Gasteiger partial charge in [-0.3, -0.25) is 14.2 Å². The fourth-order valence-electron chi connectivity index (χ4n) is 2.91. The summed E-state index contributed by atoms with van der Waals surface area (Å²) in [5, 5.41) is 13.9. The predicted molar refractivity (Wildman–Crippen MR) is 132 cm³/mol. The summed E-state index contributed by atoms with van der Waals surface area (Å²) in [6, 6.07) is 7.94. The summed E-state index contributed by atoms with van der Waals surface area (Å²) in [7, 11) is 0. The number of esters is 1. The number of aromatic nitrogens is 4. The zero-order valence-electron chi connectivity index (χ0n) is 19.2. The molecule has 1 N–H and O–H groups in total. The Kier molecular flexibility index (Phi) is 9.65. The van der Waals surface area contributed by atoms with E-state index in [4.69, 9.17) is 9.47 Å². The molecular weight excluding hydrogens is 474 g/mol. The molecule has 180 valence electrons. The number of hydrogen-bond donors (Lipinski definition) is 1. The van der Waals surface area contributed by atoms with E-state index in [0.717, 1.165) is 12.2 Å². The molecule has 0 radical (unpaired) electrons. The van der Waals surface area contributed by atoms with Crippen LogP contribution in [0.4, 0.5) is 5.13 Å². The molecule has 9 nitrogen and oxygen atoms in total. The van der Waals surface area contributed by atoms with Crippen LogP contribution >= 0.6 is 23.1 Å². The fourth-order valence-corrected chi connectivity index (χ4v) is 4.40. The molecule has 0 atom stereocenters. The number of hydrogen-bond acceptors (Lipinski definition) is 9. The zero-order chi connectivity index (χ0) is 24.3. The highest BCUT2D eigenvalue weighted by molar-refractivity contribution is 7.99. The first-order chi connectivity index (χ1) is 16.5. The molecule has 0 aliphatic heterocycles. The van der Waals surface area contributed by atoms with Crippen molar-refractivity contribution in [3.63, 3.8) is 0 Å². The number of anilines is 1. The molecule has 2 aromatic heterocycles. The third-order valence-corrected chi connectivity index (χ3v) is 6.34. The maximum atomic E-state index is 12.4. The maximum Gasteiger partial charge on any atom is 0.311 e. The van der Waals surface area contributed by atoms with Gasteiger partial charge in [0.05, 0.1) is 24.5 Å². The first-order valence-corrected chi connectivity index (χ1v) is 12.7. The number of carbonyl (C=O) groups is 2. The van der Waals surface area contributed by atoms with E-state index in [9.17, 15) is 9.59 Å². The van der Waals surface area contributed by atoms with Crippen molar-refractivity contribution in [3.8, 4) is 5.75 Å². The van der Waals surface area contributed by atoms with Crippen LogP contribution in [0.1, 0.15) is 30.9 Å². The van der Waals surface area contributed by atoms with Crippen LogP contribution in [0.15, 0.2) is 47.5 Å². The third-order valence-electron chi connectivity index (χ3n) is 4.57. The van der Waals surface area contributed by atoms with Crippen molar-refractivity contribution in [1.29, 1.82) is 0 Å². The van der Waals surface area contributed by atoms with Crippen LogP contribution < -0.4 is 10.1 Å². The van der Waals surface area contributed by atoms with Crippen molar-refractivity contribution in [2.45, 2.75) is 45.0 Å². The van der Waals surface area contributed by atoms with Crippen LogP contribution in [0, 0.1) is 0 Å². The summed E-state index contributed by atoms with van der Waals surface area (Å²) in [5.41, 5.74) is 1.80. The van der Waals surface area contributed by atoms with Gasteiger partial charge in [0.1, 0.15) is 12.4 Å². The third kappa shape index (κ3) is 7.42. The Hall–Kier alpha value is -3.18. The highest BCUT2D eigenvalue weighted by Crippen LogP contribution is 2.21. The van der Waals surface area contributed by atoms with Gasteiger partial charge in [0.2, 0.25) is 5.91 Å². The molecule has 34 heavy (non-hydrogen) atoms. The molecule has 11 heteroatoms. The van der Waals surface area contributed by atoms with Crippen LogP contribution in [-0.2, 0) is 40.3 Å². The van der Waals surface area contributed by atoms with Gasteiger partial charge in [-0.1, -0.05) is 36.9 Å². The van der Waals surface area contributed by atoms with Gasteiger partial charge in [0, 0.05) is 11.9 Å². The van der Waals surface area contributed by atoms with Crippen molar-refractivity contribution < 1.29 is 19.1 Å². The number of allylic oxidation sites excluding steroid dienone is 1. The number of ether oxygens (including phenoxy) is 2. The Morgan fingerprint density at radius 3 is 2.74 bits per heavy atom. The van der Waals surface area contributed by atoms with Gasteiger partial charge >= 0.3 is 5.97 Å². The molecule has 0 aliphatic carbocycles. The number of thioether (sulfide) groups is 1. The molecule has 0 unspecified atom stereocenters. The molecule has 0 spiro atoms. The minimum atomic E-state index is -0.347. The van der Waals surface area contributed by atoms with Crippen molar-refractivity contribution in [2.24, 2.45) is 0 Å². The van der Waals surface area contributed by atoms with Crippen LogP contribution in [0.25, 0.3) is 0 Å². The Morgan fingerprint density at radius 1 is 1.24 bits per heavy atom. The first-order valence-electron chi connectivity index (χ1n) is 10.8. The second-order valence-electron chi connectivity index (χ2n) is 7.05. The van der Waals surface area contributed by atoms with Crippen LogP contribution in [-0.4, -0.2) is 44.0 Å². The highest BCUT2D eigenvalue weighted by atomic mass is 32.2. The van der Waals surface area contributed by atoms with Crippen LogP contribution in [0.5, 0.6) is 5.75 Å². The van der Waals surface area contributed by atoms with E-state index in [1.165, 1.54) is 28.7 Å². The molecule has 1 amide bonds. The number of amides is 1. The van der Waals surface area contributed by atoms with E-state index in [1.807, 2.05) is 28.8 Å². The molecule has 1 aromatic carbocycles. The summed E-state index contributed by atoms with van der Waals surface area (Å²) in [6.45, 7) is 8.71. The van der Waals surface area contributed by atoms with Crippen LogP contribution in [0.2, 0.25) is 0 Å². The van der Waals surface area contributed by atoms with Gasteiger partial charge < -0.3 is 14.8 Å². The number of thiazole rings is 1. The first kappa shape index (κ1) is 25.4. The number of nitrogens with zero attached hydrogens (tertiary/aromatic N) is 4. The summed E-state index contributed by atoms with van der Waals surface area (Å²) < 4.78 is 12.6. The summed E-state index contributed by atoms with van der Waals surface area (Å²) in [6.07, 6.45) is 2.79. The van der Waals surface area contributed by atoms with Crippen molar-refractivity contribution in [2.75, 3.05) is 17.7 Å². The average molecular weight is 502 g/mol. The molecule has 0 bridgehead atoms. The monoisotopic (exact) mass is 501 g/mol. The predicted octanol–water partition coefficient (Wildman–Crippen LogP) is 3.90. The summed E-state index contributed by atoms with van der Waals surface area (Å²) >= 11 is 2.52. The van der Waals surface area contributed by atoms with E-state index >= 15 is 0 Å². The molecule has 2 heterocycles. The lowest BCUT2D eigenvalue weighted by molar-refractivity contribution is -0.142. The summed E-state index contributed by atoms with van der Waals surface area (Å²) in [5.74, 6) is 0.946. The van der Waals surface area contributed by atoms with Gasteiger partial charge in [0.15, 0.2) is 16.1 Å². The maximum absolute atomic E-state index is 12.4. The minimum absolute atomic E-state index is 0.0766. The van der Waals surface area contributed by atoms with Crippen LogP contribution in [0.3, 0.4) is 0 Å². The fraction of sp³-hybridized carbons (Fsp3) is 0.348. The Balaban J connectivity index is 1.54.